The molecule has 0 N–H and O–H groups in total. The molecule has 10 heteroatoms. The summed E-state index contributed by atoms with van der Waals surface area (Å²) in [6.45, 7) is -2.51. The smallest absolute Gasteiger partial charge is 0.387 e. The second kappa shape index (κ2) is 10.3. The fraction of sp³-hybridized carbons (Fsp3) is 0.286. The van der Waals surface area contributed by atoms with Crippen molar-refractivity contribution in [3.05, 3.63) is 54.1 Å². The van der Waals surface area contributed by atoms with Gasteiger partial charge in [-0.25, -0.2) is 0 Å². The number of aromatic nitrogens is 3. The van der Waals surface area contributed by atoms with Crippen molar-refractivity contribution in [3.63, 3.8) is 0 Å². The first-order chi connectivity index (χ1) is 14.9. The van der Waals surface area contributed by atoms with Gasteiger partial charge in [0, 0.05) is 26.2 Å². The number of carbonyl (C=O) groups excluding carboxylic acids is 1. The van der Waals surface area contributed by atoms with Crippen LogP contribution in [0.5, 0.6) is 11.5 Å². The number of ether oxygens (including phenoxy) is 2. The molecule has 3 rings (SSSR count). The molecule has 0 saturated carbocycles. The molecule has 0 aliphatic carbocycles. The number of amides is 1. The Bertz CT molecular complexity index is 1030. The van der Waals surface area contributed by atoms with E-state index in [0.717, 1.165) is 16.9 Å². The van der Waals surface area contributed by atoms with Crippen molar-refractivity contribution in [3.8, 4) is 22.9 Å². The van der Waals surface area contributed by atoms with E-state index < -0.39 is 6.61 Å². The van der Waals surface area contributed by atoms with Gasteiger partial charge in [0.15, 0.2) is 11.0 Å². The van der Waals surface area contributed by atoms with E-state index in [1.54, 1.807) is 31.2 Å². The van der Waals surface area contributed by atoms with E-state index in [0.29, 0.717) is 17.5 Å². The Kier molecular flexibility index (Phi) is 7.45. The predicted molar refractivity (Wildman–Crippen MR) is 113 cm³/mol. The lowest BCUT2D eigenvalue weighted by atomic mass is 10.2. The van der Waals surface area contributed by atoms with Gasteiger partial charge >= 0.3 is 6.61 Å². The summed E-state index contributed by atoms with van der Waals surface area (Å²) in [5.74, 6) is 1.57. The molecular formula is C21H22F2N4O3S. The van der Waals surface area contributed by atoms with Crippen LogP contribution in [0, 0.1) is 0 Å². The summed E-state index contributed by atoms with van der Waals surface area (Å²) in [4.78, 5) is 14.1. The second-order valence-electron chi connectivity index (χ2n) is 6.66. The Hall–Kier alpha value is -3.14. The highest BCUT2D eigenvalue weighted by molar-refractivity contribution is 7.99. The maximum Gasteiger partial charge on any atom is 0.387 e. The summed E-state index contributed by atoms with van der Waals surface area (Å²) in [5, 5.41) is 9.03. The Morgan fingerprint density at radius 2 is 1.90 bits per heavy atom. The molecule has 7 nitrogen and oxygen atoms in total. The number of alkyl halides is 2. The first-order valence-corrected chi connectivity index (χ1v) is 10.3. The third-order valence-corrected chi connectivity index (χ3v) is 5.49. The SMILES string of the molecule is COc1cccc(-c2nnc(SCC(=O)N(C)Cc3ccc(OC(F)F)cc3)n2C)c1. The van der Waals surface area contributed by atoms with Crippen molar-refractivity contribution < 1.29 is 23.0 Å². The summed E-state index contributed by atoms with van der Waals surface area (Å²) >= 11 is 1.29. The number of methoxy groups -OCH3 is 1. The van der Waals surface area contributed by atoms with Gasteiger partial charge in [0.2, 0.25) is 5.91 Å². The average molecular weight is 448 g/mol. The van der Waals surface area contributed by atoms with Crippen LogP contribution < -0.4 is 9.47 Å². The Morgan fingerprint density at radius 3 is 2.58 bits per heavy atom. The third kappa shape index (κ3) is 5.94. The topological polar surface area (TPSA) is 69.5 Å². The van der Waals surface area contributed by atoms with Crippen LogP contribution in [0.1, 0.15) is 5.56 Å². The highest BCUT2D eigenvalue weighted by atomic mass is 32.2. The zero-order valence-corrected chi connectivity index (χ0v) is 18.1. The van der Waals surface area contributed by atoms with Crippen molar-refractivity contribution in [2.45, 2.75) is 18.3 Å². The van der Waals surface area contributed by atoms with Crippen LogP contribution in [0.25, 0.3) is 11.4 Å². The number of thioether (sulfide) groups is 1. The van der Waals surface area contributed by atoms with Gasteiger partial charge in [-0.05, 0) is 29.8 Å². The lowest BCUT2D eigenvalue weighted by molar-refractivity contribution is -0.127. The van der Waals surface area contributed by atoms with Crippen LogP contribution in [-0.2, 0) is 18.4 Å². The van der Waals surface area contributed by atoms with Gasteiger partial charge in [-0.15, -0.1) is 10.2 Å². The predicted octanol–water partition coefficient (Wildman–Crippen LogP) is 3.84. The molecule has 2 aromatic carbocycles. The summed E-state index contributed by atoms with van der Waals surface area (Å²) in [6, 6.07) is 13.7. The minimum Gasteiger partial charge on any atom is -0.497 e. The molecule has 1 heterocycles. The highest BCUT2D eigenvalue weighted by Gasteiger charge is 2.16. The first kappa shape index (κ1) is 22.5. The maximum atomic E-state index is 12.5. The summed E-state index contributed by atoms with van der Waals surface area (Å²) in [7, 11) is 5.13. The third-order valence-electron chi connectivity index (χ3n) is 4.48. The summed E-state index contributed by atoms with van der Waals surface area (Å²) in [5.41, 5.74) is 1.67. The van der Waals surface area contributed by atoms with E-state index in [2.05, 4.69) is 14.9 Å². The molecule has 164 valence electrons. The number of nitrogens with zero attached hydrogens (tertiary/aromatic N) is 4. The van der Waals surface area contributed by atoms with Crippen molar-refractivity contribution in [2.75, 3.05) is 19.9 Å². The lowest BCUT2D eigenvalue weighted by Crippen LogP contribution is -2.27. The van der Waals surface area contributed by atoms with Gasteiger partial charge in [0.1, 0.15) is 11.5 Å². The van der Waals surface area contributed by atoms with E-state index in [1.807, 2.05) is 35.9 Å². The normalized spacial score (nSPS) is 10.9. The van der Waals surface area contributed by atoms with Crippen LogP contribution in [0.2, 0.25) is 0 Å². The Morgan fingerprint density at radius 1 is 1.16 bits per heavy atom. The van der Waals surface area contributed by atoms with Gasteiger partial charge in [-0.1, -0.05) is 36.0 Å². The van der Waals surface area contributed by atoms with Crippen LogP contribution in [-0.4, -0.2) is 52.1 Å². The molecule has 0 spiro atoms. The molecule has 0 fully saturated rings. The van der Waals surface area contributed by atoms with E-state index in [-0.39, 0.29) is 17.4 Å². The van der Waals surface area contributed by atoms with Crippen molar-refractivity contribution in [1.29, 1.82) is 0 Å². The molecule has 0 aliphatic heterocycles. The standard InChI is InChI=1S/C21H22F2N4O3S/c1-26(12-14-7-9-16(10-8-14)30-20(22)23)18(28)13-31-21-25-24-19(27(21)2)15-5-4-6-17(11-15)29-3/h4-11,20H,12-13H2,1-3H3. The number of benzene rings is 2. The second-order valence-corrected chi connectivity index (χ2v) is 7.60. The van der Waals surface area contributed by atoms with Crippen LogP contribution >= 0.6 is 11.8 Å². The van der Waals surface area contributed by atoms with Crippen molar-refractivity contribution >= 4 is 17.7 Å². The van der Waals surface area contributed by atoms with E-state index in [1.165, 1.54) is 23.9 Å². The van der Waals surface area contributed by atoms with Crippen molar-refractivity contribution in [2.24, 2.45) is 7.05 Å². The van der Waals surface area contributed by atoms with E-state index >= 15 is 0 Å². The zero-order chi connectivity index (χ0) is 22.4. The molecule has 0 bridgehead atoms. The van der Waals surface area contributed by atoms with Crippen LogP contribution in [0.4, 0.5) is 8.78 Å². The number of hydrogen-bond donors (Lipinski definition) is 0. The summed E-state index contributed by atoms with van der Waals surface area (Å²) < 4.78 is 35.9. The molecule has 0 saturated heterocycles. The van der Waals surface area contributed by atoms with Gasteiger partial charge in [-0.3, -0.25) is 4.79 Å². The Balaban J connectivity index is 1.57. The van der Waals surface area contributed by atoms with Crippen molar-refractivity contribution in [1.82, 2.24) is 19.7 Å². The molecule has 3 aromatic rings. The zero-order valence-electron chi connectivity index (χ0n) is 17.3. The highest BCUT2D eigenvalue weighted by Crippen LogP contribution is 2.25. The average Bonchev–Trinajstić information content (AvgIpc) is 3.13. The molecule has 0 radical (unpaired) electrons. The van der Waals surface area contributed by atoms with Gasteiger partial charge in [0.25, 0.3) is 0 Å². The molecular weight excluding hydrogens is 426 g/mol. The largest absolute Gasteiger partial charge is 0.497 e. The Labute approximate surface area is 183 Å². The quantitative estimate of drug-likeness (QED) is 0.463. The van der Waals surface area contributed by atoms with Gasteiger partial charge < -0.3 is 18.9 Å². The lowest BCUT2D eigenvalue weighted by Gasteiger charge is -2.17. The number of carbonyl (C=O) groups is 1. The minimum atomic E-state index is -2.86. The van der Waals surface area contributed by atoms with Crippen LogP contribution in [0.3, 0.4) is 0 Å². The monoisotopic (exact) mass is 448 g/mol. The van der Waals surface area contributed by atoms with Gasteiger partial charge in [-0.2, -0.15) is 8.78 Å². The molecule has 0 unspecified atom stereocenters. The number of rotatable bonds is 9. The molecule has 31 heavy (non-hydrogen) atoms. The fourth-order valence-electron chi connectivity index (χ4n) is 2.83. The maximum absolute atomic E-state index is 12.5. The minimum absolute atomic E-state index is 0.0809. The molecule has 0 atom stereocenters. The van der Waals surface area contributed by atoms with E-state index in [4.69, 9.17) is 4.74 Å². The first-order valence-electron chi connectivity index (χ1n) is 9.31. The molecule has 1 amide bonds. The summed E-state index contributed by atoms with van der Waals surface area (Å²) in [6.07, 6.45) is 0. The molecule has 1 aromatic heterocycles. The number of hydrogen-bond acceptors (Lipinski definition) is 6. The van der Waals surface area contributed by atoms with Crippen LogP contribution in [0.15, 0.2) is 53.7 Å². The van der Waals surface area contributed by atoms with Gasteiger partial charge in [0.05, 0.1) is 12.9 Å². The van der Waals surface area contributed by atoms with E-state index in [9.17, 15) is 13.6 Å². The molecule has 0 aliphatic rings. The fourth-order valence-corrected chi connectivity index (χ4v) is 3.68. The number of halogens is 2.